The summed E-state index contributed by atoms with van der Waals surface area (Å²) in [6, 6.07) is 16.3. The molecule has 1 aromatic heterocycles. The zero-order chi connectivity index (χ0) is 20.8. The van der Waals surface area contributed by atoms with E-state index in [2.05, 4.69) is 27.6 Å². The number of aromatic nitrogens is 2. The Morgan fingerprint density at radius 3 is 2.70 bits per heavy atom. The highest BCUT2D eigenvalue weighted by molar-refractivity contribution is 5.74. The van der Waals surface area contributed by atoms with Gasteiger partial charge in [0.15, 0.2) is 0 Å². The minimum Gasteiger partial charge on any atom is -0.425 e. The van der Waals surface area contributed by atoms with Gasteiger partial charge in [0.25, 0.3) is 0 Å². The summed E-state index contributed by atoms with van der Waals surface area (Å²) in [4.78, 5) is 14.4. The lowest BCUT2D eigenvalue weighted by atomic mass is 9.98. The van der Waals surface area contributed by atoms with Gasteiger partial charge in [-0.25, -0.2) is 9.18 Å². The van der Waals surface area contributed by atoms with Crippen LogP contribution in [0.25, 0.3) is 0 Å². The zero-order valence-corrected chi connectivity index (χ0v) is 16.8. The van der Waals surface area contributed by atoms with Gasteiger partial charge in [-0.1, -0.05) is 42.5 Å². The van der Waals surface area contributed by atoms with Crippen molar-refractivity contribution in [2.75, 3.05) is 19.6 Å². The Morgan fingerprint density at radius 2 is 1.90 bits per heavy atom. The van der Waals surface area contributed by atoms with Crippen molar-refractivity contribution >= 4 is 6.03 Å². The summed E-state index contributed by atoms with van der Waals surface area (Å²) in [7, 11) is 0. The number of nitrogens with zero attached hydrogens (tertiary/aromatic N) is 3. The van der Waals surface area contributed by atoms with Crippen LogP contribution in [0, 0.1) is 5.82 Å². The molecule has 1 fully saturated rings. The molecule has 2 aromatic carbocycles. The van der Waals surface area contributed by atoms with Crippen LogP contribution >= 0.6 is 0 Å². The quantitative estimate of drug-likeness (QED) is 0.671. The van der Waals surface area contributed by atoms with Crippen LogP contribution in [0.3, 0.4) is 0 Å². The van der Waals surface area contributed by atoms with Gasteiger partial charge in [-0.05, 0) is 42.5 Å². The molecule has 0 spiro atoms. The summed E-state index contributed by atoms with van der Waals surface area (Å²) >= 11 is 0. The van der Waals surface area contributed by atoms with Crippen molar-refractivity contribution in [2.24, 2.45) is 0 Å². The third-order valence-electron chi connectivity index (χ3n) is 5.34. The highest BCUT2D eigenvalue weighted by Crippen LogP contribution is 2.26. The average Bonchev–Trinajstić information content (AvgIpc) is 3.25. The fourth-order valence-corrected chi connectivity index (χ4v) is 3.71. The minimum absolute atomic E-state index is 0.0353. The van der Waals surface area contributed by atoms with Crippen LogP contribution in [0.5, 0.6) is 0 Å². The van der Waals surface area contributed by atoms with E-state index < -0.39 is 0 Å². The number of likely N-dealkylation sites (tertiary alicyclic amines) is 1. The number of nitrogens with one attached hydrogen (secondary N) is 1. The second kappa shape index (κ2) is 9.52. The Hall–Kier alpha value is -3.22. The highest BCUT2D eigenvalue weighted by Gasteiger charge is 2.28. The first-order chi connectivity index (χ1) is 14.7. The summed E-state index contributed by atoms with van der Waals surface area (Å²) in [5, 5.41) is 11.3. The third-order valence-corrected chi connectivity index (χ3v) is 5.34. The van der Waals surface area contributed by atoms with Crippen LogP contribution in [-0.4, -0.2) is 40.8 Å². The number of rotatable bonds is 6. The molecule has 7 heteroatoms. The van der Waals surface area contributed by atoms with Crippen LogP contribution in [0.1, 0.15) is 41.7 Å². The van der Waals surface area contributed by atoms with Crippen molar-refractivity contribution in [3.63, 3.8) is 0 Å². The first-order valence-corrected chi connectivity index (χ1v) is 10.3. The Labute approximate surface area is 175 Å². The Kier molecular flexibility index (Phi) is 6.37. The lowest BCUT2D eigenvalue weighted by Gasteiger charge is -2.31. The van der Waals surface area contributed by atoms with Crippen LogP contribution in [-0.2, 0) is 12.8 Å². The molecule has 1 N–H and O–H groups in total. The number of carbonyl (C=O) groups excluding carboxylic acids is 1. The van der Waals surface area contributed by atoms with Crippen molar-refractivity contribution in [3.05, 3.63) is 83.3 Å². The molecule has 0 aliphatic carbocycles. The van der Waals surface area contributed by atoms with Crippen molar-refractivity contribution < 1.29 is 13.6 Å². The second-order valence-electron chi connectivity index (χ2n) is 7.59. The van der Waals surface area contributed by atoms with E-state index in [1.54, 1.807) is 12.1 Å². The van der Waals surface area contributed by atoms with E-state index in [1.807, 2.05) is 23.1 Å². The van der Waals surface area contributed by atoms with Crippen LogP contribution in [0.15, 0.2) is 59.0 Å². The lowest BCUT2D eigenvalue weighted by molar-refractivity contribution is 0.174. The zero-order valence-electron chi connectivity index (χ0n) is 16.8. The number of benzene rings is 2. The molecule has 3 aromatic rings. The Morgan fingerprint density at radius 1 is 1.10 bits per heavy atom. The number of hydrogen-bond acceptors (Lipinski definition) is 4. The first kappa shape index (κ1) is 20.1. The number of halogens is 1. The second-order valence-corrected chi connectivity index (χ2v) is 7.59. The topological polar surface area (TPSA) is 71.3 Å². The van der Waals surface area contributed by atoms with Gasteiger partial charge in [0.05, 0.1) is 12.3 Å². The SMILES string of the molecule is O=C(NCCc1ccccc1)N1CCCC(c2nnc(Cc3ccc(F)cc3)o2)C1. The van der Waals surface area contributed by atoms with Crippen LogP contribution in [0.2, 0.25) is 0 Å². The van der Waals surface area contributed by atoms with E-state index in [4.69, 9.17) is 4.42 Å². The minimum atomic E-state index is -0.269. The molecule has 0 saturated carbocycles. The maximum absolute atomic E-state index is 13.0. The number of hydrogen-bond donors (Lipinski definition) is 1. The van der Waals surface area contributed by atoms with Crippen LogP contribution in [0.4, 0.5) is 9.18 Å². The van der Waals surface area contributed by atoms with Gasteiger partial charge in [0.2, 0.25) is 11.8 Å². The molecule has 2 heterocycles. The van der Waals surface area contributed by atoms with Gasteiger partial charge < -0.3 is 14.6 Å². The molecule has 4 rings (SSSR count). The number of amides is 2. The molecule has 30 heavy (non-hydrogen) atoms. The first-order valence-electron chi connectivity index (χ1n) is 10.3. The van der Waals surface area contributed by atoms with E-state index >= 15 is 0 Å². The Bertz CT molecular complexity index is 959. The number of piperidine rings is 1. The molecular weight excluding hydrogens is 383 g/mol. The fraction of sp³-hybridized carbons (Fsp3) is 0.348. The average molecular weight is 408 g/mol. The maximum atomic E-state index is 13.0. The molecule has 1 aliphatic rings. The summed E-state index contributed by atoms with van der Waals surface area (Å²) in [6.45, 7) is 1.89. The lowest BCUT2D eigenvalue weighted by Crippen LogP contribution is -2.45. The molecular formula is C23H25FN4O2. The predicted octanol–water partition coefficient (Wildman–Crippen LogP) is 3.93. The summed E-state index contributed by atoms with van der Waals surface area (Å²) < 4.78 is 18.9. The largest absolute Gasteiger partial charge is 0.425 e. The highest BCUT2D eigenvalue weighted by atomic mass is 19.1. The standard InChI is InChI=1S/C23H25FN4O2/c24-20-10-8-18(9-11-20)15-21-26-27-22(30-21)19-7-4-14-28(16-19)23(29)25-13-12-17-5-2-1-3-6-17/h1-3,5-6,8-11,19H,4,7,12-16H2,(H,25,29). The fourth-order valence-electron chi connectivity index (χ4n) is 3.71. The number of carbonyl (C=O) groups is 1. The van der Waals surface area contributed by atoms with Gasteiger partial charge in [0, 0.05) is 19.6 Å². The van der Waals surface area contributed by atoms with Gasteiger partial charge in [-0.2, -0.15) is 0 Å². The maximum Gasteiger partial charge on any atom is 0.317 e. The summed E-state index contributed by atoms with van der Waals surface area (Å²) in [5.41, 5.74) is 2.11. The van der Waals surface area contributed by atoms with Gasteiger partial charge in [-0.3, -0.25) is 0 Å². The van der Waals surface area contributed by atoms with E-state index in [9.17, 15) is 9.18 Å². The molecule has 1 aliphatic heterocycles. The van der Waals surface area contributed by atoms with Gasteiger partial charge in [-0.15, -0.1) is 10.2 Å². The third kappa shape index (κ3) is 5.23. The molecule has 1 saturated heterocycles. The van der Waals surface area contributed by atoms with Crippen molar-refractivity contribution in [1.82, 2.24) is 20.4 Å². The molecule has 156 valence electrons. The van der Waals surface area contributed by atoms with Crippen molar-refractivity contribution in [1.29, 1.82) is 0 Å². The summed E-state index contributed by atoms with van der Waals surface area (Å²) in [6.07, 6.45) is 3.07. The van der Waals surface area contributed by atoms with E-state index in [-0.39, 0.29) is 17.8 Å². The van der Waals surface area contributed by atoms with Gasteiger partial charge >= 0.3 is 6.03 Å². The molecule has 6 nitrogen and oxygen atoms in total. The molecule has 2 amide bonds. The predicted molar refractivity (Wildman–Crippen MR) is 111 cm³/mol. The molecule has 0 radical (unpaired) electrons. The molecule has 1 atom stereocenters. The monoisotopic (exact) mass is 408 g/mol. The van der Waals surface area contributed by atoms with Crippen LogP contribution < -0.4 is 5.32 Å². The van der Waals surface area contributed by atoms with E-state index in [0.717, 1.165) is 31.4 Å². The van der Waals surface area contributed by atoms with Crippen molar-refractivity contribution in [3.8, 4) is 0 Å². The normalized spacial score (nSPS) is 16.4. The number of urea groups is 1. The van der Waals surface area contributed by atoms with Gasteiger partial charge in [0.1, 0.15) is 5.82 Å². The van der Waals surface area contributed by atoms with E-state index in [1.165, 1.54) is 17.7 Å². The van der Waals surface area contributed by atoms with Crippen molar-refractivity contribution in [2.45, 2.75) is 31.6 Å². The Balaban J connectivity index is 1.29. The summed E-state index contributed by atoms with van der Waals surface area (Å²) in [5.74, 6) is 0.831. The van der Waals surface area contributed by atoms with E-state index in [0.29, 0.717) is 31.3 Å². The molecule has 1 unspecified atom stereocenters. The smallest absolute Gasteiger partial charge is 0.317 e. The molecule has 0 bridgehead atoms.